The average molecular weight is 361 g/mol. The van der Waals surface area contributed by atoms with Gasteiger partial charge in [0, 0.05) is 0 Å². The monoisotopic (exact) mass is 361 g/mol. The van der Waals surface area contributed by atoms with Crippen LogP contribution in [0.4, 0.5) is 0 Å². The maximum atomic E-state index is 2.22. The molecule has 0 radical (unpaired) electrons. The molecule has 0 atom stereocenters. The van der Waals surface area contributed by atoms with Crippen molar-refractivity contribution in [3.05, 3.63) is 52.1 Å². The van der Waals surface area contributed by atoms with Crippen molar-refractivity contribution >= 4 is 0 Å². The molecular weight excluding hydrogens is 339 g/mol. The smallest absolute Gasteiger partial charge is 0.358 e. The van der Waals surface area contributed by atoms with Crippen LogP contribution >= 0.6 is 0 Å². The maximum absolute atomic E-state index is 2.22. The van der Waals surface area contributed by atoms with E-state index in [4.69, 9.17) is 0 Å². The van der Waals surface area contributed by atoms with E-state index in [0.29, 0.717) is 5.41 Å². The first-order valence-corrected chi connectivity index (χ1v) is 3.33. The van der Waals surface area contributed by atoms with Crippen LogP contribution in [0.2, 0.25) is 0 Å². The van der Waals surface area contributed by atoms with E-state index in [-0.39, 0.29) is 43.3 Å². The van der Waals surface area contributed by atoms with Gasteiger partial charge in [0.15, 0.2) is 0 Å². The minimum absolute atomic E-state index is 0. The Balaban J connectivity index is -0.000000101. The van der Waals surface area contributed by atoms with Crippen molar-refractivity contribution in [2.75, 3.05) is 0 Å². The number of hydrogen-bond donors (Lipinski definition) is 0. The summed E-state index contributed by atoms with van der Waals surface area (Å²) in [6.07, 6.45) is 0. The van der Waals surface area contributed by atoms with Crippen molar-refractivity contribution in [3.8, 4) is 0 Å². The molecule has 0 unspecified atom stereocenters. The summed E-state index contributed by atoms with van der Waals surface area (Å²) >= 11 is 0. The molecule has 0 aliphatic carbocycles. The summed E-state index contributed by atoms with van der Waals surface area (Å²) in [7, 11) is 0. The molecule has 0 aliphatic heterocycles. The summed E-state index contributed by atoms with van der Waals surface area (Å²) in [6.45, 7) is 6.67. The van der Waals surface area contributed by atoms with Crippen molar-refractivity contribution in [2.24, 2.45) is 0 Å². The quantitative estimate of drug-likeness (QED) is 0.612. The minimum Gasteiger partial charge on any atom is -0.358 e. The van der Waals surface area contributed by atoms with Gasteiger partial charge in [0.25, 0.3) is 0 Å². The second-order valence-electron chi connectivity index (χ2n) is 3.42. The fourth-order valence-electron chi connectivity index (χ4n) is 0.874. The van der Waals surface area contributed by atoms with Gasteiger partial charge < -0.3 is 22.3 Å². The molecule has 0 bridgehead atoms. The molecule has 0 aromatic heterocycles. The molecule has 13 heavy (non-hydrogen) atoms. The maximum Gasteiger partial charge on any atom is 4.00 e. The summed E-state index contributed by atoms with van der Waals surface area (Å²) in [5.74, 6) is 0. The molecule has 0 heterocycles. The van der Waals surface area contributed by atoms with Crippen LogP contribution in [0.5, 0.6) is 0 Å². The van der Waals surface area contributed by atoms with E-state index >= 15 is 0 Å². The molecule has 0 aliphatic rings. The third kappa shape index (κ3) is 7.14. The second-order valence-corrected chi connectivity index (χ2v) is 3.42. The molecule has 0 amide bonds. The number of hydrogen-bond acceptors (Lipinski definition) is 0. The van der Waals surface area contributed by atoms with Gasteiger partial charge in [-0.2, -0.15) is 17.7 Å². The zero-order valence-corrected chi connectivity index (χ0v) is 11.9. The minimum atomic E-state index is 0. The van der Waals surface area contributed by atoms with Crippen molar-refractivity contribution < 1.29 is 21.1 Å². The Bertz CT molecular complexity index is 168. The van der Waals surface area contributed by atoms with Crippen LogP contribution in [0.3, 0.4) is 0 Å². The van der Waals surface area contributed by atoms with E-state index < -0.39 is 0 Å². The topological polar surface area (TPSA) is 0 Å². The fourth-order valence-corrected chi connectivity index (χ4v) is 0.874. The summed E-state index contributed by atoms with van der Waals surface area (Å²) < 4.78 is 0. The Labute approximate surface area is 99.4 Å². The van der Waals surface area contributed by atoms with Crippen molar-refractivity contribution in [3.63, 3.8) is 0 Å². The molecule has 0 spiro atoms. The van der Waals surface area contributed by atoms with Gasteiger partial charge in [-0.05, 0) is 0 Å². The van der Waals surface area contributed by atoms with Crippen LogP contribution in [0, 0.1) is 22.3 Å². The Kier molecular flexibility index (Phi) is 15.4. The molecule has 80 valence electrons. The molecule has 0 N–H and O–H groups in total. The van der Waals surface area contributed by atoms with Crippen LogP contribution in [0.15, 0.2) is 24.3 Å². The molecule has 1 aromatic rings. The van der Waals surface area contributed by atoms with Crippen LogP contribution < -0.4 is 0 Å². The van der Waals surface area contributed by atoms with Gasteiger partial charge in [0.05, 0.1) is 0 Å². The zero-order chi connectivity index (χ0) is 6.91. The largest absolute Gasteiger partial charge is 4.00 e. The first-order valence-electron chi connectivity index (χ1n) is 3.33. The molecule has 1 heteroatoms. The van der Waals surface area contributed by atoms with Crippen LogP contribution in [0.25, 0.3) is 0 Å². The van der Waals surface area contributed by atoms with Gasteiger partial charge in [0.2, 0.25) is 0 Å². The number of rotatable bonds is 0. The predicted molar refractivity (Wildman–Crippen MR) is 60.0 cm³/mol. The van der Waals surface area contributed by atoms with Gasteiger partial charge >= 0.3 is 21.1 Å². The van der Waals surface area contributed by atoms with Crippen molar-refractivity contribution in [2.45, 2.75) is 26.2 Å². The van der Waals surface area contributed by atoms with Gasteiger partial charge in [-0.3, -0.25) is 0 Å². The first-order chi connectivity index (χ1) is 4.11. The van der Waals surface area contributed by atoms with E-state index in [1.807, 2.05) is 0 Å². The van der Waals surface area contributed by atoms with Crippen LogP contribution in [-0.4, -0.2) is 0 Å². The zero-order valence-electron chi connectivity index (χ0n) is 9.63. The molecule has 0 saturated carbocycles. The summed E-state index contributed by atoms with van der Waals surface area (Å²) in [6, 6.07) is 8.50. The molecule has 0 saturated heterocycles. The molecule has 0 fully saturated rings. The Morgan fingerprint density at radius 1 is 0.846 bits per heavy atom. The van der Waals surface area contributed by atoms with Crippen LogP contribution in [-0.2, 0) is 26.5 Å². The molecular formula is C12H22Pt. The summed E-state index contributed by atoms with van der Waals surface area (Å²) in [5, 5.41) is 0. The molecule has 1 aromatic carbocycles. The third-order valence-electron chi connectivity index (χ3n) is 1.53. The van der Waals surface area contributed by atoms with Crippen molar-refractivity contribution in [1.29, 1.82) is 0 Å². The molecule has 1 rings (SSSR count). The standard InChI is InChI=1S/C9H13.3CH3.Pt/c1-9(2,3)8-6-4-5-7-8;;;;/h4-7H,1-3H3;3*1H3;/q4*-1;+4. The Morgan fingerprint density at radius 2 is 1.15 bits per heavy atom. The summed E-state index contributed by atoms with van der Waals surface area (Å²) in [4.78, 5) is 0. The van der Waals surface area contributed by atoms with Crippen LogP contribution in [0.1, 0.15) is 26.3 Å². The Hall–Kier alpha value is 0.0383. The predicted octanol–water partition coefficient (Wildman–Crippen LogP) is 4.05. The fraction of sp³-hybridized carbons (Fsp3) is 0.333. The second kappa shape index (κ2) is 8.63. The molecule has 0 nitrogen and oxygen atoms in total. The van der Waals surface area contributed by atoms with E-state index in [0.717, 1.165) is 0 Å². The Morgan fingerprint density at radius 3 is 1.31 bits per heavy atom. The van der Waals surface area contributed by atoms with E-state index in [1.54, 1.807) is 0 Å². The average Bonchev–Trinajstić information content (AvgIpc) is 2.08. The van der Waals surface area contributed by atoms with Crippen molar-refractivity contribution in [1.82, 2.24) is 0 Å². The summed E-state index contributed by atoms with van der Waals surface area (Å²) in [5.41, 5.74) is 1.74. The third-order valence-corrected chi connectivity index (χ3v) is 1.53. The van der Waals surface area contributed by atoms with E-state index in [1.165, 1.54) is 5.56 Å². The van der Waals surface area contributed by atoms with E-state index in [9.17, 15) is 0 Å². The van der Waals surface area contributed by atoms with Gasteiger partial charge in [-0.15, -0.1) is 0 Å². The van der Waals surface area contributed by atoms with Gasteiger partial charge in [-0.25, -0.2) is 12.1 Å². The van der Waals surface area contributed by atoms with E-state index in [2.05, 4.69) is 45.0 Å². The normalized spacial score (nSPS) is 8.23. The van der Waals surface area contributed by atoms with Gasteiger partial charge in [-0.1, -0.05) is 26.2 Å². The first kappa shape index (κ1) is 23.1. The SMILES string of the molecule is CC(C)(C)[c-]1cccc1.[CH3-].[CH3-].[CH3-].[Pt+4]. The van der Waals surface area contributed by atoms with Gasteiger partial charge in [0.1, 0.15) is 0 Å².